The van der Waals surface area contributed by atoms with E-state index in [1.807, 2.05) is 24.3 Å². The summed E-state index contributed by atoms with van der Waals surface area (Å²) in [6.45, 7) is 4.82. The Balaban J connectivity index is 1.82. The van der Waals surface area contributed by atoms with Crippen LogP contribution in [0.1, 0.15) is 5.56 Å². The maximum absolute atomic E-state index is 12.3. The average Bonchev–Trinajstić information content (AvgIpc) is 3.05. The summed E-state index contributed by atoms with van der Waals surface area (Å²) in [6, 6.07) is 7.70. The normalized spacial score (nSPS) is 10.2. The van der Waals surface area contributed by atoms with Crippen LogP contribution in [0, 0.1) is 0 Å². The number of ether oxygens (including phenoxy) is 1. The molecule has 0 saturated heterocycles. The van der Waals surface area contributed by atoms with E-state index in [0.29, 0.717) is 18.8 Å². The molecule has 2 rings (SSSR count). The van der Waals surface area contributed by atoms with Gasteiger partial charge in [-0.2, -0.15) is 0 Å². The second-order valence-electron chi connectivity index (χ2n) is 4.93. The number of benzene rings is 1. The minimum atomic E-state index is 0.0404. The molecule has 24 heavy (non-hydrogen) atoms. The number of carbonyl (C=O) groups excluding carboxylic acids is 1. The van der Waals surface area contributed by atoms with E-state index in [2.05, 4.69) is 22.1 Å². The lowest BCUT2D eigenvalue weighted by Gasteiger charge is -2.17. The van der Waals surface area contributed by atoms with Crippen molar-refractivity contribution < 1.29 is 9.53 Å². The number of aromatic nitrogens is 2. The Hall–Kier alpha value is -2.06. The smallest absolute Gasteiger partial charge is 0.233 e. The van der Waals surface area contributed by atoms with Crippen LogP contribution in [0.5, 0.6) is 5.75 Å². The Bertz CT molecular complexity index is 690. The number of hydrogen-bond acceptors (Lipinski definition) is 7. The van der Waals surface area contributed by atoms with E-state index in [1.165, 1.54) is 23.1 Å². The van der Waals surface area contributed by atoms with Crippen LogP contribution in [0.4, 0.5) is 5.13 Å². The number of nitrogens with zero attached hydrogens (tertiary/aromatic N) is 3. The van der Waals surface area contributed by atoms with Crippen LogP contribution in [0.15, 0.2) is 41.3 Å². The number of hydrogen-bond donors (Lipinski definition) is 1. The molecule has 1 heterocycles. The second-order valence-corrected chi connectivity index (χ2v) is 7.13. The highest BCUT2D eigenvalue weighted by atomic mass is 32.2. The molecule has 0 fully saturated rings. The van der Waals surface area contributed by atoms with Gasteiger partial charge in [-0.25, -0.2) is 0 Å². The third kappa shape index (κ3) is 5.54. The van der Waals surface area contributed by atoms with Crippen LogP contribution >= 0.6 is 23.1 Å². The number of amides is 1. The van der Waals surface area contributed by atoms with Crippen molar-refractivity contribution in [2.45, 2.75) is 10.9 Å². The summed E-state index contributed by atoms with van der Waals surface area (Å²) in [7, 11) is 3.42. The van der Waals surface area contributed by atoms with E-state index < -0.39 is 0 Å². The fraction of sp³-hybridized carbons (Fsp3) is 0.312. The molecule has 0 radical (unpaired) electrons. The first kappa shape index (κ1) is 18.3. The molecule has 0 spiro atoms. The predicted molar refractivity (Wildman–Crippen MR) is 98.8 cm³/mol. The SMILES string of the molecule is C=CCNc1nnc(SCC(=O)N(C)Cc2cccc(OC)c2)s1. The van der Waals surface area contributed by atoms with Gasteiger partial charge in [-0.05, 0) is 17.7 Å². The van der Waals surface area contributed by atoms with E-state index in [0.717, 1.165) is 20.8 Å². The summed E-state index contributed by atoms with van der Waals surface area (Å²) in [4.78, 5) is 13.9. The monoisotopic (exact) mass is 364 g/mol. The molecule has 0 aliphatic rings. The summed E-state index contributed by atoms with van der Waals surface area (Å²) < 4.78 is 5.97. The number of anilines is 1. The largest absolute Gasteiger partial charge is 0.497 e. The van der Waals surface area contributed by atoms with Gasteiger partial charge in [-0.15, -0.1) is 16.8 Å². The molecule has 6 nitrogen and oxygen atoms in total. The van der Waals surface area contributed by atoms with Crippen molar-refractivity contribution in [2.24, 2.45) is 0 Å². The first-order valence-corrected chi connectivity index (χ1v) is 9.10. The van der Waals surface area contributed by atoms with Crippen LogP contribution in [-0.2, 0) is 11.3 Å². The van der Waals surface area contributed by atoms with Crippen LogP contribution < -0.4 is 10.1 Å². The Kier molecular flexibility index (Phi) is 7.07. The number of methoxy groups -OCH3 is 1. The van der Waals surface area contributed by atoms with Gasteiger partial charge >= 0.3 is 0 Å². The van der Waals surface area contributed by atoms with Gasteiger partial charge < -0.3 is 15.0 Å². The molecular formula is C16H20N4O2S2. The zero-order valence-electron chi connectivity index (χ0n) is 13.7. The molecular weight excluding hydrogens is 344 g/mol. The number of thioether (sulfide) groups is 1. The van der Waals surface area contributed by atoms with E-state index in [9.17, 15) is 4.79 Å². The standard InChI is InChI=1S/C16H20N4O2S2/c1-4-8-17-15-18-19-16(24-15)23-11-14(21)20(2)10-12-6-5-7-13(9-12)22-3/h4-7,9H,1,8,10-11H2,2-3H3,(H,17,18). The number of carbonyl (C=O) groups is 1. The van der Waals surface area contributed by atoms with Crippen LogP contribution in [0.3, 0.4) is 0 Å². The van der Waals surface area contributed by atoms with E-state index in [1.54, 1.807) is 25.1 Å². The molecule has 0 atom stereocenters. The highest BCUT2D eigenvalue weighted by molar-refractivity contribution is 8.01. The lowest BCUT2D eigenvalue weighted by atomic mass is 10.2. The first-order chi connectivity index (χ1) is 11.6. The molecule has 0 aliphatic carbocycles. The van der Waals surface area contributed by atoms with Crippen molar-refractivity contribution in [3.63, 3.8) is 0 Å². The Morgan fingerprint density at radius 2 is 2.33 bits per heavy atom. The molecule has 0 unspecified atom stereocenters. The molecule has 128 valence electrons. The zero-order chi connectivity index (χ0) is 17.4. The fourth-order valence-corrected chi connectivity index (χ4v) is 3.56. The Morgan fingerprint density at radius 3 is 3.08 bits per heavy atom. The van der Waals surface area contributed by atoms with Gasteiger partial charge in [0.15, 0.2) is 4.34 Å². The molecule has 0 saturated carbocycles. The topological polar surface area (TPSA) is 67.4 Å². The third-order valence-corrected chi connectivity index (χ3v) is 5.10. The van der Waals surface area contributed by atoms with Crippen molar-refractivity contribution in [3.8, 4) is 5.75 Å². The van der Waals surface area contributed by atoms with Gasteiger partial charge in [0, 0.05) is 20.1 Å². The maximum Gasteiger partial charge on any atom is 0.233 e. The highest BCUT2D eigenvalue weighted by Gasteiger charge is 2.12. The molecule has 8 heteroatoms. The number of nitrogens with one attached hydrogen (secondary N) is 1. The Labute approximate surface area is 149 Å². The van der Waals surface area contributed by atoms with Gasteiger partial charge in [0.1, 0.15) is 5.75 Å². The second kappa shape index (κ2) is 9.29. The quantitative estimate of drug-likeness (QED) is 0.545. The summed E-state index contributed by atoms with van der Waals surface area (Å²) in [5, 5.41) is 11.9. The van der Waals surface area contributed by atoms with Crippen LogP contribution in [-0.4, -0.2) is 47.5 Å². The van der Waals surface area contributed by atoms with Gasteiger partial charge in [0.05, 0.1) is 12.9 Å². The van der Waals surface area contributed by atoms with Crippen molar-refractivity contribution in [1.82, 2.24) is 15.1 Å². The van der Waals surface area contributed by atoms with Crippen molar-refractivity contribution >= 4 is 34.1 Å². The van der Waals surface area contributed by atoms with Crippen LogP contribution in [0.2, 0.25) is 0 Å². The van der Waals surface area contributed by atoms with E-state index >= 15 is 0 Å². The van der Waals surface area contributed by atoms with Crippen molar-refractivity contribution in [1.29, 1.82) is 0 Å². The molecule has 0 aliphatic heterocycles. The Morgan fingerprint density at radius 1 is 1.50 bits per heavy atom. The van der Waals surface area contributed by atoms with Crippen LogP contribution in [0.25, 0.3) is 0 Å². The first-order valence-electron chi connectivity index (χ1n) is 7.30. The summed E-state index contributed by atoms with van der Waals surface area (Å²) in [5.41, 5.74) is 1.03. The predicted octanol–water partition coefficient (Wildman–Crippen LogP) is 2.90. The van der Waals surface area contributed by atoms with Gasteiger partial charge in [-0.3, -0.25) is 4.79 Å². The minimum absolute atomic E-state index is 0.0404. The third-order valence-electron chi connectivity index (χ3n) is 3.10. The summed E-state index contributed by atoms with van der Waals surface area (Å²) >= 11 is 2.82. The van der Waals surface area contributed by atoms with Gasteiger partial charge in [0.25, 0.3) is 0 Å². The molecule has 2 aromatic rings. The van der Waals surface area contributed by atoms with Gasteiger partial charge in [0.2, 0.25) is 11.0 Å². The van der Waals surface area contributed by atoms with E-state index in [4.69, 9.17) is 4.74 Å². The maximum atomic E-state index is 12.3. The van der Waals surface area contributed by atoms with Gasteiger partial charge in [-0.1, -0.05) is 41.3 Å². The number of rotatable bonds is 9. The molecule has 1 aromatic carbocycles. The summed E-state index contributed by atoms with van der Waals surface area (Å²) in [5.74, 6) is 1.16. The lowest BCUT2D eigenvalue weighted by Crippen LogP contribution is -2.27. The van der Waals surface area contributed by atoms with Crippen molar-refractivity contribution in [3.05, 3.63) is 42.5 Å². The fourth-order valence-electron chi connectivity index (χ4n) is 1.87. The lowest BCUT2D eigenvalue weighted by molar-refractivity contribution is -0.127. The highest BCUT2D eigenvalue weighted by Crippen LogP contribution is 2.25. The minimum Gasteiger partial charge on any atom is -0.497 e. The van der Waals surface area contributed by atoms with E-state index in [-0.39, 0.29) is 5.91 Å². The molecule has 1 aromatic heterocycles. The molecule has 1 amide bonds. The summed E-state index contributed by atoms with van der Waals surface area (Å²) in [6.07, 6.45) is 1.76. The molecule has 1 N–H and O–H groups in total. The average molecular weight is 364 g/mol. The van der Waals surface area contributed by atoms with Crippen molar-refractivity contribution in [2.75, 3.05) is 31.8 Å². The molecule has 0 bridgehead atoms. The zero-order valence-corrected chi connectivity index (χ0v) is 15.3.